The Morgan fingerprint density at radius 2 is 1.90 bits per heavy atom. The summed E-state index contributed by atoms with van der Waals surface area (Å²) in [7, 11) is 0. The SMILES string of the molecule is CCC1=C(CC(C)C)NC(Nc2nc3ccccc3o2)=NC12CCCCCC2.O.[HH].[HH]. The third-order valence-electron chi connectivity index (χ3n) is 5.94. The molecule has 6 heteroatoms. The van der Waals surface area contributed by atoms with Gasteiger partial charge in [-0.3, -0.25) is 5.32 Å². The van der Waals surface area contributed by atoms with Crippen LogP contribution in [0.2, 0.25) is 0 Å². The first-order chi connectivity index (χ1) is 13.6. The van der Waals surface area contributed by atoms with Crippen LogP contribution in [0.3, 0.4) is 0 Å². The van der Waals surface area contributed by atoms with Gasteiger partial charge in [0.1, 0.15) is 5.52 Å². The molecule has 0 bridgehead atoms. The van der Waals surface area contributed by atoms with Crippen LogP contribution in [0, 0.1) is 5.92 Å². The zero-order valence-electron chi connectivity index (χ0n) is 17.8. The molecule has 0 unspecified atom stereocenters. The molecule has 2 heterocycles. The summed E-state index contributed by atoms with van der Waals surface area (Å²) in [5.74, 6) is 1.37. The van der Waals surface area contributed by atoms with Gasteiger partial charge < -0.3 is 15.2 Å². The second-order valence-electron chi connectivity index (χ2n) is 8.55. The van der Waals surface area contributed by atoms with Crippen molar-refractivity contribution in [3.05, 3.63) is 35.5 Å². The van der Waals surface area contributed by atoms with Crippen molar-refractivity contribution in [1.82, 2.24) is 10.3 Å². The Morgan fingerprint density at radius 1 is 1.17 bits per heavy atom. The molecule has 1 spiro atoms. The van der Waals surface area contributed by atoms with E-state index in [1.165, 1.54) is 37.0 Å². The number of hydrogen-bond acceptors (Lipinski definition) is 5. The highest BCUT2D eigenvalue weighted by atomic mass is 16.4. The van der Waals surface area contributed by atoms with Gasteiger partial charge in [0.15, 0.2) is 5.58 Å². The number of fused-ring (bicyclic) bond motifs is 1. The molecule has 2 aromatic rings. The Hall–Kier alpha value is -2.34. The minimum absolute atomic E-state index is 0. The van der Waals surface area contributed by atoms with E-state index >= 15 is 0 Å². The molecule has 6 nitrogen and oxygen atoms in total. The molecule has 162 valence electrons. The van der Waals surface area contributed by atoms with E-state index in [-0.39, 0.29) is 13.9 Å². The Balaban J connectivity index is 0.00000160. The van der Waals surface area contributed by atoms with E-state index in [9.17, 15) is 0 Å². The molecule has 0 amide bonds. The highest BCUT2D eigenvalue weighted by Crippen LogP contribution is 2.42. The van der Waals surface area contributed by atoms with Gasteiger partial charge >= 0.3 is 6.01 Å². The van der Waals surface area contributed by atoms with Gasteiger partial charge in [0.2, 0.25) is 5.96 Å². The predicted molar refractivity (Wildman–Crippen MR) is 123 cm³/mol. The van der Waals surface area contributed by atoms with E-state index in [1.54, 1.807) is 0 Å². The maximum absolute atomic E-state index is 5.88. The van der Waals surface area contributed by atoms with Crippen molar-refractivity contribution in [2.24, 2.45) is 10.9 Å². The minimum Gasteiger partial charge on any atom is -0.423 e. The number of allylic oxidation sites excluding steroid dienone is 1. The summed E-state index contributed by atoms with van der Waals surface area (Å²) in [6.45, 7) is 6.83. The Kier molecular flexibility index (Phi) is 6.63. The van der Waals surface area contributed by atoms with Gasteiger partial charge in [-0.05, 0) is 49.3 Å². The van der Waals surface area contributed by atoms with Crippen molar-refractivity contribution >= 4 is 23.1 Å². The van der Waals surface area contributed by atoms with Crippen molar-refractivity contribution in [1.29, 1.82) is 0 Å². The van der Waals surface area contributed by atoms with Crippen molar-refractivity contribution in [3.8, 4) is 0 Å². The van der Waals surface area contributed by atoms with E-state index in [4.69, 9.17) is 9.41 Å². The van der Waals surface area contributed by atoms with Crippen LogP contribution >= 0.6 is 0 Å². The number of aliphatic imine (C=N–C) groups is 1. The van der Waals surface area contributed by atoms with Crippen molar-refractivity contribution < 1.29 is 12.7 Å². The van der Waals surface area contributed by atoms with Gasteiger partial charge in [0, 0.05) is 8.55 Å². The molecule has 29 heavy (non-hydrogen) atoms. The molecule has 1 fully saturated rings. The monoisotopic (exact) mass is 402 g/mol. The predicted octanol–water partition coefficient (Wildman–Crippen LogP) is 5.67. The fourth-order valence-corrected chi connectivity index (χ4v) is 4.75. The van der Waals surface area contributed by atoms with Crippen LogP contribution in [0.1, 0.15) is 75.0 Å². The Morgan fingerprint density at radius 3 is 2.55 bits per heavy atom. The summed E-state index contributed by atoms with van der Waals surface area (Å²) in [5.41, 5.74) is 4.42. The molecule has 4 rings (SSSR count). The lowest BCUT2D eigenvalue weighted by Crippen LogP contribution is -2.44. The van der Waals surface area contributed by atoms with Gasteiger partial charge in [0.25, 0.3) is 0 Å². The molecule has 1 aliphatic heterocycles. The zero-order chi connectivity index (χ0) is 19.6. The summed E-state index contributed by atoms with van der Waals surface area (Å²) >= 11 is 0. The minimum atomic E-state index is -0.0743. The molecule has 0 radical (unpaired) electrons. The first-order valence-electron chi connectivity index (χ1n) is 10.8. The van der Waals surface area contributed by atoms with Crippen LogP contribution in [-0.2, 0) is 0 Å². The maximum Gasteiger partial charge on any atom is 0.302 e. The molecule has 1 aliphatic carbocycles. The molecule has 1 aromatic heterocycles. The molecular weight excluding hydrogens is 364 g/mol. The zero-order valence-corrected chi connectivity index (χ0v) is 17.8. The fourth-order valence-electron chi connectivity index (χ4n) is 4.75. The van der Waals surface area contributed by atoms with Gasteiger partial charge in [-0.1, -0.05) is 58.6 Å². The number of para-hydroxylation sites is 2. The normalized spacial score (nSPS) is 19.0. The fraction of sp³-hybridized carbons (Fsp3) is 0.565. The smallest absolute Gasteiger partial charge is 0.302 e. The average molecular weight is 403 g/mol. The largest absolute Gasteiger partial charge is 0.423 e. The second kappa shape index (κ2) is 8.99. The second-order valence-corrected chi connectivity index (χ2v) is 8.55. The van der Waals surface area contributed by atoms with E-state index in [2.05, 4.69) is 36.4 Å². The number of nitrogens with zero attached hydrogens (tertiary/aromatic N) is 2. The van der Waals surface area contributed by atoms with Gasteiger partial charge in [-0.15, -0.1) is 0 Å². The molecule has 2 aliphatic rings. The highest BCUT2D eigenvalue weighted by Gasteiger charge is 2.39. The molecule has 0 atom stereocenters. The number of rotatable bonds is 4. The molecule has 1 saturated carbocycles. The van der Waals surface area contributed by atoms with Gasteiger partial charge in [0.05, 0.1) is 5.54 Å². The van der Waals surface area contributed by atoms with E-state index < -0.39 is 0 Å². The topological polar surface area (TPSA) is 94.0 Å². The summed E-state index contributed by atoms with van der Waals surface area (Å²) in [4.78, 5) is 9.81. The van der Waals surface area contributed by atoms with Crippen molar-refractivity contribution in [2.75, 3.05) is 5.32 Å². The number of nitrogens with one attached hydrogen (secondary N) is 2. The van der Waals surface area contributed by atoms with E-state index in [1.807, 2.05) is 24.3 Å². The number of oxazole rings is 1. The van der Waals surface area contributed by atoms with Crippen LogP contribution in [0.15, 0.2) is 44.9 Å². The number of aromatic nitrogens is 1. The lowest BCUT2D eigenvalue weighted by molar-refractivity contribution is 0.408. The van der Waals surface area contributed by atoms with Crippen molar-refractivity contribution in [3.63, 3.8) is 0 Å². The van der Waals surface area contributed by atoms with Crippen LogP contribution in [0.4, 0.5) is 6.01 Å². The van der Waals surface area contributed by atoms with Crippen molar-refractivity contribution in [2.45, 2.75) is 77.7 Å². The maximum atomic E-state index is 5.88. The van der Waals surface area contributed by atoms with Gasteiger partial charge in [-0.2, -0.15) is 4.98 Å². The van der Waals surface area contributed by atoms with Crippen LogP contribution in [0.5, 0.6) is 0 Å². The molecule has 0 saturated heterocycles. The highest BCUT2D eigenvalue weighted by molar-refractivity contribution is 5.95. The quantitative estimate of drug-likeness (QED) is 0.689. The summed E-state index contributed by atoms with van der Waals surface area (Å²) < 4.78 is 5.88. The lowest BCUT2D eigenvalue weighted by Gasteiger charge is -2.38. The molecule has 4 N–H and O–H groups in total. The number of benzene rings is 1. The van der Waals surface area contributed by atoms with Crippen LogP contribution in [-0.4, -0.2) is 22.0 Å². The number of anilines is 1. The van der Waals surface area contributed by atoms with E-state index in [0.717, 1.165) is 42.7 Å². The van der Waals surface area contributed by atoms with Gasteiger partial charge in [-0.25, -0.2) is 4.99 Å². The Bertz CT molecular complexity index is 867. The first-order valence-corrected chi connectivity index (χ1v) is 10.8. The number of guanidine groups is 1. The third kappa shape index (κ3) is 4.47. The third-order valence-corrected chi connectivity index (χ3v) is 5.94. The standard InChI is InChI=1S/C23H32N4O.H2O.2H2/c1-4-17-19(15-16(2)3)24-21(27-23(17)13-9-5-6-10-14-23)26-22-25-18-11-7-8-12-20(18)28-22;;;/h7-8,11-12,16H,4-6,9-10,13-15H2,1-3H3,(H2,24,25,26,27);1H2;2*1H. The summed E-state index contributed by atoms with van der Waals surface area (Å²) in [5, 5.41) is 6.93. The number of hydrogen-bond donors (Lipinski definition) is 2. The lowest BCUT2D eigenvalue weighted by atomic mass is 9.78. The Labute approximate surface area is 176 Å². The summed E-state index contributed by atoms with van der Waals surface area (Å²) in [6.07, 6.45) is 9.49. The van der Waals surface area contributed by atoms with E-state index in [0.29, 0.717) is 11.9 Å². The van der Waals surface area contributed by atoms with Crippen LogP contribution < -0.4 is 10.6 Å². The molecular formula is C23H38N4O2. The average Bonchev–Trinajstić information content (AvgIpc) is 2.92. The molecule has 1 aromatic carbocycles. The first kappa shape index (κ1) is 21.4. The van der Waals surface area contributed by atoms with Crippen LogP contribution in [0.25, 0.3) is 11.1 Å². The summed E-state index contributed by atoms with van der Waals surface area (Å²) in [6, 6.07) is 8.34.